The number of hydrogen-bond donors (Lipinski definition) is 2. The normalized spacial score (nSPS) is 38.0. The van der Waals surface area contributed by atoms with Gasteiger partial charge in [-0.25, -0.2) is 0 Å². The van der Waals surface area contributed by atoms with Crippen molar-refractivity contribution in [3.05, 3.63) is 0 Å². The molecule has 2 N–H and O–H groups in total. The van der Waals surface area contributed by atoms with Crippen LogP contribution in [-0.2, 0) is 9.47 Å². The highest BCUT2D eigenvalue weighted by Gasteiger charge is 2.39. The van der Waals surface area contributed by atoms with Crippen LogP contribution in [0.4, 0.5) is 0 Å². The molecule has 1 rings (SSSR count). The first-order valence-electron chi connectivity index (χ1n) is 5.53. The molecule has 0 bridgehead atoms. The van der Waals surface area contributed by atoms with Crippen LogP contribution in [0.3, 0.4) is 0 Å². The maximum Gasteiger partial charge on any atom is 0.111 e. The van der Waals surface area contributed by atoms with Crippen LogP contribution in [0.15, 0.2) is 0 Å². The van der Waals surface area contributed by atoms with Crippen molar-refractivity contribution in [3.63, 3.8) is 0 Å². The Hall–Kier alpha value is -0.160. The van der Waals surface area contributed by atoms with Gasteiger partial charge >= 0.3 is 0 Å². The van der Waals surface area contributed by atoms with Crippen molar-refractivity contribution in [3.8, 4) is 0 Å². The second-order valence-electron chi connectivity index (χ2n) is 4.79. The van der Waals surface area contributed by atoms with Crippen molar-refractivity contribution in [1.82, 2.24) is 0 Å². The molecule has 0 aliphatic carbocycles. The van der Waals surface area contributed by atoms with E-state index in [1.165, 1.54) is 0 Å². The summed E-state index contributed by atoms with van der Waals surface area (Å²) in [6, 6.07) is 0. The van der Waals surface area contributed by atoms with Crippen molar-refractivity contribution in [2.45, 2.75) is 64.1 Å². The number of rotatable bonds is 3. The fraction of sp³-hybridized carbons (Fsp3) is 1.00. The molecule has 1 aliphatic rings. The van der Waals surface area contributed by atoms with E-state index in [1.54, 1.807) is 6.92 Å². The summed E-state index contributed by atoms with van der Waals surface area (Å²) in [7, 11) is 0. The maximum atomic E-state index is 9.81. The summed E-state index contributed by atoms with van der Waals surface area (Å²) < 4.78 is 11.1. The number of aliphatic hydroxyl groups excluding tert-OH is 2. The molecule has 4 nitrogen and oxygen atoms in total. The largest absolute Gasteiger partial charge is 0.388 e. The molecule has 4 atom stereocenters. The minimum absolute atomic E-state index is 0.296. The van der Waals surface area contributed by atoms with Crippen LogP contribution in [0.25, 0.3) is 0 Å². The molecule has 4 heteroatoms. The molecule has 0 aromatic heterocycles. The third-order valence-electron chi connectivity index (χ3n) is 3.06. The summed E-state index contributed by atoms with van der Waals surface area (Å²) in [5.41, 5.74) is -0.296. The predicted octanol–water partition coefficient (Wildman–Crippen LogP) is 0.701. The van der Waals surface area contributed by atoms with Crippen LogP contribution < -0.4 is 0 Å². The molecule has 1 saturated heterocycles. The van der Waals surface area contributed by atoms with Crippen LogP contribution in [0, 0.1) is 0 Å². The lowest BCUT2D eigenvalue weighted by Crippen LogP contribution is -2.54. The molecular weight excluding hydrogens is 196 g/mol. The van der Waals surface area contributed by atoms with E-state index in [9.17, 15) is 10.2 Å². The van der Waals surface area contributed by atoms with Gasteiger partial charge in [0.2, 0.25) is 0 Å². The molecule has 1 aliphatic heterocycles. The Morgan fingerprint density at radius 3 is 2.47 bits per heavy atom. The Morgan fingerprint density at radius 2 is 1.93 bits per heavy atom. The molecule has 0 amide bonds. The van der Waals surface area contributed by atoms with Gasteiger partial charge in [-0.3, -0.25) is 0 Å². The van der Waals surface area contributed by atoms with E-state index >= 15 is 0 Å². The number of hydrogen-bond acceptors (Lipinski definition) is 4. The van der Waals surface area contributed by atoms with Crippen LogP contribution in [0.5, 0.6) is 0 Å². The first-order chi connectivity index (χ1) is 6.87. The van der Waals surface area contributed by atoms with E-state index in [0.717, 1.165) is 6.42 Å². The first-order valence-corrected chi connectivity index (χ1v) is 5.53. The van der Waals surface area contributed by atoms with Crippen molar-refractivity contribution in [1.29, 1.82) is 0 Å². The summed E-state index contributed by atoms with van der Waals surface area (Å²) >= 11 is 0. The smallest absolute Gasteiger partial charge is 0.111 e. The molecule has 0 spiro atoms. The van der Waals surface area contributed by atoms with Crippen molar-refractivity contribution < 1.29 is 19.7 Å². The van der Waals surface area contributed by atoms with Crippen LogP contribution >= 0.6 is 0 Å². The van der Waals surface area contributed by atoms with E-state index in [2.05, 4.69) is 0 Å². The molecule has 4 unspecified atom stereocenters. The summed E-state index contributed by atoms with van der Waals surface area (Å²) in [6.45, 7) is 8.03. The minimum Gasteiger partial charge on any atom is -0.388 e. The van der Waals surface area contributed by atoms with Gasteiger partial charge in [0.05, 0.1) is 18.3 Å². The van der Waals surface area contributed by atoms with Gasteiger partial charge in [-0.15, -0.1) is 0 Å². The second-order valence-corrected chi connectivity index (χ2v) is 4.79. The molecule has 0 saturated carbocycles. The zero-order valence-electron chi connectivity index (χ0n) is 9.93. The van der Waals surface area contributed by atoms with E-state index in [-0.39, 0.29) is 11.7 Å². The van der Waals surface area contributed by atoms with E-state index in [0.29, 0.717) is 6.61 Å². The van der Waals surface area contributed by atoms with Gasteiger partial charge in [0, 0.05) is 0 Å². The van der Waals surface area contributed by atoms with Crippen LogP contribution in [0.1, 0.15) is 34.1 Å². The molecular formula is C11H22O4. The Morgan fingerprint density at radius 1 is 1.33 bits per heavy atom. The van der Waals surface area contributed by atoms with Gasteiger partial charge < -0.3 is 19.7 Å². The summed E-state index contributed by atoms with van der Waals surface area (Å²) in [6.07, 6.45) is -1.64. The third kappa shape index (κ3) is 3.14. The summed E-state index contributed by atoms with van der Waals surface area (Å²) in [5, 5.41) is 19.4. The lowest BCUT2D eigenvalue weighted by Gasteiger charge is -2.39. The second kappa shape index (κ2) is 4.78. The standard InChI is InChI=1S/C11H22O4/c1-5-11(3,4)15-8-6-14-7(2)9(12)10(8)13/h7-10,12-13H,5-6H2,1-4H3. The molecule has 0 aromatic rings. The Balaban J connectivity index is 2.56. The molecule has 0 radical (unpaired) electrons. The molecule has 1 fully saturated rings. The van der Waals surface area contributed by atoms with Gasteiger partial charge in [-0.2, -0.15) is 0 Å². The van der Waals surface area contributed by atoms with Crippen LogP contribution in [0.2, 0.25) is 0 Å². The molecule has 1 heterocycles. The average Bonchev–Trinajstić information content (AvgIpc) is 2.19. The monoisotopic (exact) mass is 218 g/mol. The first kappa shape index (κ1) is 12.9. The molecule has 15 heavy (non-hydrogen) atoms. The highest BCUT2D eigenvalue weighted by Crippen LogP contribution is 2.23. The highest BCUT2D eigenvalue weighted by molar-refractivity contribution is 4.87. The van der Waals surface area contributed by atoms with Gasteiger partial charge in [0.15, 0.2) is 0 Å². The predicted molar refractivity (Wildman–Crippen MR) is 56.7 cm³/mol. The van der Waals surface area contributed by atoms with Gasteiger partial charge in [-0.05, 0) is 27.2 Å². The Labute approximate surface area is 91.2 Å². The van der Waals surface area contributed by atoms with E-state index in [1.807, 2.05) is 20.8 Å². The SMILES string of the molecule is CCC(C)(C)OC1COC(C)C(O)C1O. The van der Waals surface area contributed by atoms with Gasteiger partial charge in [0.1, 0.15) is 18.3 Å². The quantitative estimate of drug-likeness (QED) is 0.732. The summed E-state index contributed by atoms with van der Waals surface area (Å²) in [4.78, 5) is 0. The average molecular weight is 218 g/mol. The minimum atomic E-state index is -0.864. The highest BCUT2D eigenvalue weighted by atomic mass is 16.6. The van der Waals surface area contributed by atoms with Gasteiger partial charge in [-0.1, -0.05) is 6.92 Å². The fourth-order valence-electron chi connectivity index (χ4n) is 1.54. The fourth-order valence-corrected chi connectivity index (χ4v) is 1.54. The Kier molecular flexibility index (Phi) is 4.12. The topological polar surface area (TPSA) is 58.9 Å². The van der Waals surface area contributed by atoms with Gasteiger partial charge in [0.25, 0.3) is 0 Å². The van der Waals surface area contributed by atoms with Crippen molar-refractivity contribution in [2.24, 2.45) is 0 Å². The molecule has 90 valence electrons. The van der Waals surface area contributed by atoms with Crippen molar-refractivity contribution >= 4 is 0 Å². The lowest BCUT2D eigenvalue weighted by atomic mass is 9.99. The van der Waals surface area contributed by atoms with Crippen LogP contribution in [-0.4, -0.2) is 46.8 Å². The maximum absolute atomic E-state index is 9.81. The summed E-state index contributed by atoms with van der Waals surface area (Å²) in [5.74, 6) is 0. The number of ether oxygens (including phenoxy) is 2. The zero-order chi connectivity index (χ0) is 11.6. The Bertz CT molecular complexity index is 205. The number of aliphatic hydroxyl groups is 2. The van der Waals surface area contributed by atoms with Crippen molar-refractivity contribution in [2.75, 3.05) is 6.61 Å². The van der Waals surface area contributed by atoms with E-state index in [4.69, 9.17) is 9.47 Å². The third-order valence-corrected chi connectivity index (χ3v) is 3.06. The lowest BCUT2D eigenvalue weighted by molar-refractivity contribution is -0.224. The molecule has 0 aromatic carbocycles. The van der Waals surface area contributed by atoms with E-state index < -0.39 is 18.3 Å². The zero-order valence-corrected chi connectivity index (χ0v) is 9.93.